The number of nitro benzene ring substituents is 1. The van der Waals surface area contributed by atoms with E-state index in [4.69, 9.17) is 0 Å². The Balaban J connectivity index is 1.60. The molecule has 4 rings (SSSR count). The monoisotopic (exact) mass is 376 g/mol. The molecule has 0 bridgehead atoms. The van der Waals surface area contributed by atoms with Crippen LogP contribution in [-0.4, -0.2) is 27.1 Å². The Labute approximate surface area is 159 Å². The molecule has 3 aromatic rings. The summed E-state index contributed by atoms with van der Waals surface area (Å²) in [5.41, 5.74) is 4.48. The number of phenolic OH excluding ortho intramolecular Hbond substituents is 1. The molecule has 1 saturated carbocycles. The lowest BCUT2D eigenvalue weighted by atomic mass is 10.1. The first-order valence-electron chi connectivity index (χ1n) is 8.73. The summed E-state index contributed by atoms with van der Waals surface area (Å²) in [6.07, 6.45) is 3.30. The first-order valence-corrected chi connectivity index (χ1v) is 8.73. The van der Waals surface area contributed by atoms with E-state index in [0.717, 1.165) is 29.4 Å². The third-order valence-corrected chi connectivity index (χ3v) is 4.57. The molecule has 1 aromatic heterocycles. The van der Waals surface area contributed by atoms with Crippen molar-refractivity contribution in [3.8, 4) is 5.75 Å². The van der Waals surface area contributed by atoms with E-state index in [1.165, 1.54) is 24.4 Å². The number of pyridine rings is 1. The fourth-order valence-electron chi connectivity index (χ4n) is 2.95. The number of para-hydroxylation sites is 1. The zero-order valence-corrected chi connectivity index (χ0v) is 14.7. The number of hydrogen-bond donors (Lipinski definition) is 2. The summed E-state index contributed by atoms with van der Waals surface area (Å²) in [4.78, 5) is 27.6. The number of hydrazone groups is 1. The largest absolute Gasteiger partial charge is 0.507 e. The van der Waals surface area contributed by atoms with Crippen molar-refractivity contribution in [1.29, 1.82) is 0 Å². The second kappa shape index (κ2) is 7.07. The van der Waals surface area contributed by atoms with Crippen molar-refractivity contribution >= 4 is 28.7 Å². The van der Waals surface area contributed by atoms with Gasteiger partial charge in [0.1, 0.15) is 5.75 Å². The third kappa shape index (κ3) is 3.52. The average Bonchev–Trinajstić information content (AvgIpc) is 3.53. The van der Waals surface area contributed by atoms with Gasteiger partial charge in [0.15, 0.2) is 0 Å². The Morgan fingerprint density at radius 3 is 2.79 bits per heavy atom. The van der Waals surface area contributed by atoms with Crippen molar-refractivity contribution in [2.75, 3.05) is 0 Å². The highest BCUT2D eigenvalue weighted by Gasteiger charge is 2.26. The quantitative estimate of drug-likeness (QED) is 0.401. The molecule has 1 amide bonds. The van der Waals surface area contributed by atoms with Gasteiger partial charge in [0, 0.05) is 34.7 Å². The smallest absolute Gasteiger partial charge is 0.272 e. The summed E-state index contributed by atoms with van der Waals surface area (Å²) in [6.45, 7) is 0. The maximum Gasteiger partial charge on any atom is 0.272 e. The van der Waals surface area contributed by atoms with Crippen LogP contribution in [0.15, 0.2) is 53.6 Å². The van der Waals surface area contributed by atoms with Crippen LogP contribution in [0.5, 0.6) is 5.75 Å². The van der Waals surface area contributed by atoms with E-state index in [9.17, 15) is 20.0 Å². The number of fused-ring (bicyclic) bond motifs is 1. The fraction of sp³-hybridized carbons (Fsp3) is 0.150. The SMILES string of the molecule is O=C(N/N=C/c1cc([N+](=O)[O-])ccc1O)c1cc(C2CC2)nc2ccccc12. The van der Waals surface area contributed by atoms with Gasteiger partial charge in [-0.05, 0) is 31.0 Å². The van der Waals surface area contributed by atoms with Crippen LogP contribution in [0.2, 0.25) is 0 Å². The fourth-order valence-corrected chi connectivity index (χ4v) is 2.95. The standard InChI is InChI=1S/C20H16N4O4/c25-19-8-7-14(24(27)28)9-13(19)11-21-23-20(26)16-10-18(12-5-6-12)22-17-4-2-1-3-15(16)17/h1-4,7-12,25H,5-6H2,(H,23,26)/b21-11+. The van der Waals surface area contributed by atoms with E-state index in [2.05, 4.69) is 15.5 Å². The predicted octanol–water partition coefficient (Wildman–Crippen LogP) is 3.49. The van der Waals surface area contributed by atoms with Crippen molar-refractivity contribution in [1.82, 2.24) is 10.4 Å². The number of aromatic hydroxyl groups is 1. The van der Waals surface area contributed by atoms with Crippen LogP contribution in [0.4, 0.5) is 5.69 Å². The number of aromatic nitrogens is 1. The number of carbonyl (C=O) groups excluding carboxylic acids is 1. The minimum absolute atomic E-state index is 0.132. The number of phenols is 1. The molecule has 0 unspecified atom stereocenters. The second-order valence-corrected chi connectivity index (χ2v) is 6.59. The first-order chi connectivity index (χ1) is 13.5. The molecule has 8 nitrogen and oxygen atoms in total. The number of carbonyl (C=O) groups is 1. The average molecular weight is 376 g/mol. The molecular formula is C20H16N4O4. The number of nitrogens with zero attached hydrogens (tertiary/aromatic N) is 3. The van der Waals surface area contributed by atoms with Crippen molar-refractivity contribution < 1.29 is 14.8 Å². The number of hydrogen-bond acceptors (Lipinski definition) is 6. The van der Waals surface area contributed by atoms with Gasteiger partial charge in [-0.2, -0.15) is 5.10 Å². The lowest BCUT2D eigenvalue weighted by molar-refractivity contribution is -0.384. The summed E-state index contributed by atoms with van der Waals surface area (Å²) >= 11 is 0. The summed E-state index contributed by atoms with van der Waals surface area (Å²) in [5.74, 6) is -0.197. The highest BCUT2D eigenvalue weighted by Crippen LogP contribution is 2.40. The summed E-state index contributed by atoms with van der Waals surface area (Å²) in [7, 11) is 0. The number of rotatable bonds is 5. The maximum absolute atomic E-state index is 12.7. The molecule has 0 saturated heterocycles. The predicted molar refractivity (Wildman–Crippen MR) is 104 cm³/mol. The third-order valence-electron chi connectivity index (χ3n) is 4.57. The Morgan fingerprint density at radius 2 is 2.04 bits per heavy atom. The molecule has 8 heteroatoms. The topological polar surface area (TPSA) is 118 Å². The van der Waals surface area contributed by atoms with Crippen LogP contribution < -0.4 is 5.43 Å². The molecule has 2 N–H and O–H groups in total. The molecule has 28 heavy (non-hydrogen) atoms. The number of non-ortho nitro benzene ring substituents is 1. The normalized spacial score (nSPS) is 13.7. The van der Waals surface area contributed by atoms with Crippen LogP contribution in [0.3, 0.4) is 0 Å². The van der Waals surface area contributed by atoms with E-state index in [-0.39, 0.29) is 17.0 Å². The van der Waals surface area contributed by atoms with Gasteiger partial charge in [0.2, 0.25) is 0 Å². The molecular weight excluding hydrogens is 360 g/mol. The van der Waals surface area contributed by atoms with Crippen molar-refractivity contribution in [3.63, 3.8) is 0 Å². The van der Waals surface area contributed by atoms with Gasteiger partial charge in [-0.15, -0.1) is 0 Å². The van der Waals surface area contributed by atoms with Gasteiger partial charge < -0.3 is 5.11 Å². The lowest BCUT2D eigenvalue weighted by Gasteiger charge is -2.08. The molecule has 1 aliphatic rings. The van der Waals surface area contributed by atoms with E-state index in [1.807, 2.05) is 24.3 Å². The van der Waals surface area contributed by atoms with Crippen molar-refractivity contribution in [2.45, 2.75) is 18.8 Å². The van der Waals surface area contributed by atoms with Crippen molar-refractivity contribution in [3.05, 3.63) is 75.5 Å². The summed E-state index contributed by atoms with van der Waals surface area (Å²) in [5, 5.41) is 25.2. The van der Waals surface area contributed by atoms with Gasteiger partial charge in [-0.25, -0.2) is 5.43 Å². The van der Waals surface area contributed by atoms with E-state index in [1.54, 1.807) is 6.07 Å². The number of nitrogens with one attached hydrogen (secondary N) is 1. The minimum Gasteiger partial charge on any atom is -0.507 e. The zero-order valence-electron chi connectivity index (χ0n) is 14.7. The maximum atomic E-state index is 12.7. The summed E-state index contributed by atoms with van der Waals surface area (Å²) in [6, 6.07) is 12.8. The molecule has 1 aliphatic carbocycles. The summed E-state index contributed by atoms with van der Waals surface area (Å²) < 4.78 is 0. The van der Waals surface area contributed by atoms with Crippen LogP contribution in [0.25, 0.3) is 10.9 Å². The molecule has 1 fully saturated rings. The zero-order chi connectivity index (χ0) is 19.7. The Hall–Kier alpha value is -3.81. The first kappa shape index (κ1) is 17.6. The number of benzene rings is 2. The number of amides is 1. The van der Waals surface area contributed by atoms with E-state index < -0.39 is 10.8 Å². The number of nitro groups is 1. The highest BCUT2D eigenvalue weighted by molar-refractivity contribution is 6.06. The van der Waals surface area contributed by atoms with Crippen LogP contribution in [0, 0.1) is 10.1 Å². The molecule has 0 atom stereocenters. The Kier molecular flexibility index (Phi) is 4.44. The lowest BCUT2D eigenvalue weighted by Crippen LogP contribution is -2.18. The highest BCUT2D eigenvalue weighted by atomic mass is 16.6. The molecule has 1 heterocycles. The van der Waals surface area contributed by atoms with Gasteiger partial charge in [-0.3, -0.25) is 19.9 Å². The molecule has 2 aromatic carbocycles. The molecule has 140 valence electrons. The van der Waals surface area contributed by atoms with E-state index >= 15 is 0 Å². The van der Waals surface area contributed by atoms with E-state index in [0.29, 0.717) is 11.5 Å². The van der Waals surface area contributed by atoms with Crippen molar-refractivity contribution in [2.24, 2.45) is 5.10 Å². The molecule has 0 radical (unpaired) electrons. The van der Waals surface area contributed by atoms with Crippen LogP contribution >= 0.6 is 0 Å². The Morgan fingerprint density at radius 1 is 1.25 bits per heavy atom. The van der Waals surface area contributed by atoms with Gasteiger partial charge in [-0.1, -0.05) is 18.2 Å². The van der Waals surface area contributed by atoms with Crippen LogP contribution in [0.1, 0.15) is 40.4 Å². The minimum atomic E-state index is -0.572. The van der Waals surface area contributed by atoms with Gasteiger partial charge >= 0.3 is 0 Å². The van der Waals surface area contributed by atoms with Gasteiger partial charge in [0.05, 0.1) is 22.2 Å². The van der Waals surface area contributed by atoms with Crippen LogP contribution in [-0.2, 0) is 0 Å². The molecule has 0 spiro atoms. The molecule has 0 aliphatic heterocycles. The Bertz CT molecular complexity index is 1120. The second-order valence-electron chi connectivity index (χ2n) is 6.59. The van der Waals surface area contributed by atoms with Gasteiger partial charge in [0.25, 0.3) is 11.6 Å².